The summed E-state index contributed by atoms with van der Waals surface area (Å²) in [6.07, 6.45) is 1.91. The van der Waals surface area contributed by atoms with Crippen LogP contribution in [0.25, 0.3) is 11.5 Å². The number of nitrogens with zero attached hydrogens (tertiary/aromatic N) is 3. The second-order valence-electron chi connectivity index (χ2n) is 6.04. The predicted molar refractivity (Wildman–Crippen MR) is 97.9 cm³/mol. The number of pyridine rings is 1. The van der Waals surface area contributed by atoms with Gasteiger partial charge in [0.2, 0.25) is 18.2 Å². The molecule has 2 N–H and O–H groups in total. The Hall–Kier alpha value is -3.73. The number of H-pyrrole nitrogens is 1. The van der Waals surface area contributed by atoms with Gasteiger partial charge in [0.05, 0.1) is 0 Å². The third-order valence-electron chi connectivity index (χ3n) is 4.30. The lowest BCUT2D eigenvalue weighted by Gasteiger charge is -2.11. The normalized spacial score (nSPS) is 10.4. The van der Waals surface area contributed by atoms with Crippen molar-refractivity contribution >= 4 is 11.6 Å². The molecule has 1 aromatic carbocycles. The molecule has 8 nitrogen and oxygen atoms in total. The summed E-state index contributed by atoms with van der Waals surface area (Å²) in [6, 6.07) is 8.97. The van der Waals surface area contributed by atoms with E-state index in [-0.39, 0.29) is 17.9 Å². The van der Waals surface area contributed by atoms with E-state index in [4.69, 9.17) is 9.68 Å². The minimum atomic E-state index is -0.401. The Morgan fingerprint density at radius 2 is 2.04 bits per heavy atom. The molecule has 3 rings (SSSR count). The van der Waals surface area contributed by atoms with Gasteiger partial charge in [0.1, 0.15) is 11.6 Å². The molecular weight excluding hydrogens is 346 g/mol. The van der Waals surface area contributed by atoms with Gasteiger partial charge in [-0.15, -0.1) is 10.2 Å². The number of carbonyl (C=O) groups is 1. The molecule has 3 aromatic rings. The number of amides is 1. The van der Waals surface area contributed by atoms with Crippen molar-refractivity contribution < 1.29 is 9.21 Å². The van der Waals surface area contributed by atoms with Crippen LogP contribution in [0.4, 0.5) is 5.69 Å². The van der Waals surface area contributed by atoms with Crippen LogP contribution in [0.3, 0.4) is 0 Å². The number of benzene rings is 1. The third-order valence-corrected chi connectivity index (χ3v) is 4.30. The van der Waals surface area contributed by atoms with E-state index in [1.165, 1.54) is 6.39 Å². The number of carbonyl (C=O) groups excluding carboxylic acids is 1. The maximum absolute atomic E-state index is 12.3. The maximum Gasteiger partial charge on any atom is 0.266 e. The molecule has 0 saturated heterocycles. The summed E-state index contributed by atoms with van der Waals surface area (Å²) in [4.78, 5) is 26.7. The lowest BCUT2D eigenvalue weighted by molar-refractivity contribution is -0.116. The Kier molecular flexibility index (Phi) is 5.13. The zero-order valence-corrected chi connectivity index (χ0v) is 14.9. The van der Waals surface area contributed by atoms with E-state index in [2.05, 4.69) is 20.5 Å². The molecule has 27 heavy (non-hydrogen) atoms. The minimum Gasteiger partial charge on any atom is -0.423 e. The number of nitrogens with one attached hydrogen (secondary N) is 2. The van der Waals surface area contributed by atoms with Gasteiger partial charge in [-0.2, -0.15) is 5.26 Å². The molecule has 0 radical (unpaired) electrons. The van der Waals surface area contributed by atoms with E-state index < -0.39 is 5.56 Å². The molecule has 0 saturated carbocycles. The zero-order chi connectivity index (χ0) is 19.4. The van der Waals surface area contributed by atoms with Gasteiger partial charge in [-0.3, -0.25) is 9.59 Å². The molecule has 2 heterocycles. The highest BCUT2D eigenvalue weighted by Gasteiger charge is 2.13. The van der Waals surface area contributed by atoms with E-state index >= 15 is 0 Å². The smallest absolute Gasteiger partial charge is 0.266 e. The molecule has 0 atom stereocenters. The minimum absolute atomic E-state index is 0.0904. The first kappa shape index (κ1) is 18.1. The van der Waals surface area contributed by atoms with Crippen molar-refractivity contribution in [1.82, 2.24) is 15.2 Å². The number of aryl methyl sites for hydroxylation is 1. The fourth-order valence-electron chi connectivity index (χ4n) is 2.88. The Balaban J connectivity index is 1.65. The monoisotopic (exact) mass is 363 g/mol. The fourth-order valence-corrected chi connectivity index (χ4v) is 2.88. The first-order chi connectivity index (χ1) is 13.0. The summed E-state index contributed by atoms with van der Waals surface area (Å²) in [5.74, 6) is 0.245. The highest BCUT2D eigenvalue weighted by Crippen LogP contribution is 2.19. The first-order valence-corrected chi connectivity index (χ1v) is 8.28. The van der Waals surface area contributed by atoms with Crippen molar-refractivity contribution in [3.63, 3.8) is 0 Å². The molecule has 0 aliphatic rings. The SMILES string of the molecule is Cc1[nH]c(=O)c(C#N)c(C)c1CCC(=O)Nc1ccc(-c2nnco2)cc1. The Labute approximate surface area is 154 Å². The highest BCUT2D eigenvalue weighted by molar-refractivity contribution is 5.91. The van der Waals surface area contributed by atoms with E-state index in [1.54, 1.807) is 38.1 Å². The van der Waals surface area contributed by atoms with Crippen LogP contribution in [0.5, 0.6) is 0 Å². The summed E-state index contributed by atoms with van der Waals surface area (Å²) < 4.78 is 5.12. The molecule has 0 aliphatic carbocycles. The third kappa shape index (κ3) is 3.93. The molecule has 0 bridgehead atoms. The molecule has 0 unspecified atom stereocenters. The van der Waals surface area contributed by atoms with Crippen molar-refractivity contribution in [2.75, 3.05) is 5.32 Å². The number of rotatable bonds is 5. The van der Waals surface area contributed by atoms with Gasteiger partial charge in [0.15, 0.2) is 0 Å². The lowest BCUT2D eigenvalue weighted by Crippen LogP contribution is -2.18. The summed E-state index contributed by atoms with van der Waals surface area (Å²) in [5.41, 5.74) is 3.20. The largest absolute Gasteiger partial charge is 0.423 e. The van der Waals surface area contributed by atoms with Gasteiger partial charge in [0, 0.05) is 23.4 Å². The topological polar surface area (TPSA) is 125 Å². The second-order valence-corrected chi connectivity index (χ2v) is 6.04. The van der Waals surface area contributed by atoms with E-state index in [0.29, 0.717) is 29.3 Å². The van der Waals surface area contributed by atoms with Crippen LogP contribution in [-0.2, 0) is 11.2 Å². The molecule has 8 heteroatoms. The molecule has 136 valence electrons. The predicted octanol–water partition coefficient (Wildman–Crippen LogP) is 2.48. The average Bonchev–Trinajstić information content (AvgIpc) is 3.17. The zero-order valence-electron chi connectivity index (χ0n) is 14.9. The van der Waals surface area contributed by atoms with Gasteiger partial charge < -0.3 is 14.7 Å². The van der Waals surface area contributed by atoms with Crippen LogP contribution in [0.2, 0.25) is 0 Å². The van der Waals surface area contributed by atoms with Crippen molar-refractivity contribution in [3.8, 4) is 17.5 Å². The fraction of sp³-hybridized carbons (Fsp3) is 0.211. The van der Waals surface area contributed by atoms with E-state index in [9.17, 15) is 9.59 Å². The molecule has 0 spiro atoms. The number of hydrogen-bond acceptors (Lipinski definition) is 6. The standard InChI is InChI=1S/C19H17N5O3/c1-11-15(12(2)22-18(26)16(11)9-20)7-8-17(25)23-14-5-3-13(4-6-14)19-24-21-10-27-19/h3-6,10H,7-8H2,1-2H3,(H,22,26)(H,23,25). The molecule has 1 amide bonds. The van der Waals surface area contributed by atoms with Crippen LogP contribution < -0.4 is 10.9 Å². The quantitative estimate of drug-likeness (QED) is 0.717. The Morgan fingerprint density at radius 3 is 2.67 bits per heavy atom. The molecule has 0 fully saturated rings. The number of aromatic amines is 1. The van der Waals surface area contributed by atoms with Gasteiger partial charge >= 0.3 is 0 Å². The van der Waals surface area contributed by atoms with Crippen LogP contribution in [0, 0.1) is 25.2 Å². The number of anilines is 1. The number of nitriles is 1. The Bertz CT molecular complexity index is 1060. The summed E-state index contributed by atoms with van der Waals surface area (Å²) in [5, 5.41) is 19.4. The average molecular weight is 363 g/mol. The maximum atomic E-state index is 12.3. The Morgan fingerprint density at radius 1 is 1.30 bits per heavy atom. The highest BCUT2D eigenvalue weighted by atomic mass is 16.4. The second kappa shape index (κ2) is 7.66. The first-order valence-electron chi connectivity index (χ1n) is 8.28. The lowest BCUT2D eigenvalue weighted by atomic mass is 9.99. The van der Waals surface area contributed by atoms with Crippen molar-refractivity contribution in [1.29, 1.82) is 5.26 Å². The summed E-state index contributed by atoms with van der Waals surface area (Å²) >= 11 is 0. The summed E-state index contributed by atoms with van der Waals surface area (Å²) in [6.45, 7) is 3.49. The van der Waals surface area contributed by atoms with Gasteiger partial charge in [-0.1, -0.05) is 0 Å². The van der Waals surface area contributed by atoms with Gasteiger partial charge in [0.25, 0.3) is 5.56 Å². The van der Waals surface area contributed by atoms with Gasteiger partial charge in [-0.25, -0.2) is 0 Å². The van der Waals surface area contributed by atoms with Crippen LogP contribution in [0.15, 0.2) is 39.9 Å². The summed E-state index contributed by atoms with van der Waals surface area (Å²) in [7, 11) is 0. The molecule has 2 aromatic heterocycles. The van der Waals surface area contributed by atoms with Crippen LogP contribution in [0.1, 0.15) is 28.8 Å². The van der Waals surface area contributed by atoms with E-state index in [0.717, 1.165) is 11.1 Å². The van der Waals surface area contributed by atoms with Crippen molar-refractivity contribution in [2.45, 2.75) is 26.7 Å². The van der Waals surface area contributed by atoms with Crippen LogP contribution >= 0.6 is 0 Å². The molecule has 0 aliphatic heterocycles. The van der Waals surface area contributed by atoms with Crippen molar-refractivity contribution in [3.05, 3.63) is 63.4 Å². The molecular formula is C19H17N5O3. The van der Waals surface area contributed by atoms with Gasteiger partial charge in [-0.05, 0) is 55.7 Å². The van der Waals surface area contributed by atoms with Crippen molar-refractivity contribution in [2.24, 2.45) is 0 Å². The van der Waals surface area contributed by atoms with E-state index in [1.807, 2.05) is 6.07 Å². The number of hydrogen-bond donors (Lipinski definition) is 2. The van der Waals surface area contributed by atoms with Crippen LogP contribution in [-0.4, -0.2) is 21.1 Å². The number of aromatic nitrogens is 3.